The first-order valence-electron chi connectivity index (χ1n) is 7.11. The number of ether oxygens (including phenoxy) is 1. The van der Waals surface area contributed by atoms with Gasteiger partial charge in [0.05, 0.1) is 7.11 Å². The zero-order chi connectivity index (χ0) is 15.5. The predicted molar refractivity (Wildman–Crippen MR) is 82.4 cm³/mol. The minimum atomic E-state index is -0.352. The van der Waals surface area contributed by atoms with Crippen LogP contribution in [0.2, 0.25) is 0 Å². The summed E-state index contributed by atoms with van der Waals surface area (Å²) < 4.78 is 18.3. The van der Waals surface area contributed by atoms with Crippen molar-refractivity contribution in [3.63, 3.8) is 0 Å². The number of benzene rings is 2. The van der Waals surface area contributed by atoms with Crippen LogP contribution in [0.5, 0.6) is 5.75 Å². The van der Waals surface area contributed by atoms with Gasteiger partial charge in [0.1, 0.15) is 17.6 Å². The van der Waals surface area contributed by atoms with Gasteiger partial charge in [-0.3, -0.25) is 4.79 Å². The first-order valence-corrected chi connectivity index (χ1v) is 7.11. The minimum Gasteiger partial charge on any atom is -0.497 e. The van der Waals surface area contributed by atoms with E-state index in [2.05, 4.69) is 10.6 Å². The lowest BCUT2D eigenvalue weighted by atomic mass is 10.1. The molecule has 2 aromatic rings. The van der Waals surface area contributed by atoms with Crippen LogP contribution in [0.3, 0.4) is 0 Å². The molecule has 114 valence electrons. The van der Waals surface area contributed by atoms with Crippen LogP contribution in [-0.2, 0) is 17.8 Å². The van der Waals surface area contributed by atoms with Crippen molar-refractivity contribution >= 4 is 11.6 Å². The summed E-state index contributed by atoms with van der Waals surface area (Å²) in [7, 11) is 1.61. The molecule has 0 saturated carbocycles. The fourth-order valence-electron chi connectivity index (χ4n) is 2.54. The summed E-state index contributed by atoms with van der Waals surface area (Å²) in [4.78, 5) is 12.2. The summed E-state index contributed by atoms with van der Waals surface area (Å²) in [5, 5.41) is 6.01. The zero-order valence-corrected chi connectivity index (χ0v) is 12.2. The van der Waals surface area contributed by atoms with Crippen LogP contribution >= 0.6 is 0 Å². The average molecular weight is 300 g/mol. The molecule has 0 bridgehead atoms. The van der Waals surface area contributed by atoms with E-state index in [1.807, 2.05) is 24.3 Å². The monoisotopic (exact) mass is 300 g/mol. The third-order valence-corrected chi connectivity index (χ3v) is 3.76. The van der Waals surface area contributed by atoms with E-state index >= 15 is 0 Å². The largest absolute Gasteiger partial charge is 0.497 e. The molecule has 1 aliphatic heterocycles. The maximum Gasteiger partial charge on any atom is 0.243 e. The molecule has 1 unspecified atom stereocenters. The lowest BCUT2D eigenvalue weighted by molar-refractivity contribution is -0.121. The van der Waals surface area contributed by atoms with Crippen molar-refractivity contribution in [3.8, 4) is 5.75 Å². The third kappa shape index (κ3) is 3.03. The van der Waals surface area contributed by atoms with Gasteiger partial charge < -0.3 is 15.4 Å². The number of anilines is 1. The summed E-state index contributed by atoms with van der Waals surface area (Å²) >= 11 is 0. The standard InChI is InChI=1S/C17H17FN2O2/c1-22-14-5-2-11(3-6-14)10-19-17(21)16-9-12-8-13(18)4-7-15(12)20-16/h2-8,16,20H,9-10H2,1H3,(H,19,21). The molecule has 2 aromatic carbocycles. The fraction of sp³-hybridized carbons (Fsp3) is 0.235. The first kappa shape index (κ1) is 14.4. The van der Waals surface area contributed by atoms with Gasteiger partial charge in [0, 0.05) is 18.7 Å². The van der Waals surface area contributed by atoms with Crippen molar-refractivity contribution in [1.29, 1.82) is 0 Å². The number of nitrogens with one attached hydrogen (secondary N) is 2. The fourth-order valence-corrected chi connectivity index (χ4v) is 2.54. The van der Waals surface area contributed by atoms with E-state index in [-0.39, 0.29) is 17.8 Å². The number of rotatable bonds is 4. The van der Waals surface area contributed by atoms with Crippen LogP contribution in [-0.4, -0.2) is 19.1 Å². The Morgan fingerprint density at radius 1 is 1.32 bits per heavy atom. The lowest BCUT2D eigenvalue weighted by Crippen LogP contribution is -2.38. The number of carbonyl (C=O) groups excluding carboxylic acids is 1. The molecule has 2 N–H and O–H groups in total. The minimum absolute atomic E-state index is 0.0903. The Bertz CT molecular complexity index is 686. The molecule has 0 radical (unpaired) electrons. The van der Waals surface area contributed by atoms with Gasteiger partial charge in [-0.1, -0.05) is 12.1 Å². The third-order valence-electron chi connectivity index (χ3n) is 3.76. The van der Waals surface area contributed by atoms with Crippen molar-refractivity contribution in [1.82, 2.24) is 5.32 Å². The highest BCUT2D eigenvalue weighted by Gasteiger charge is 2.26. The van der Waals surface area contributed by atoms with Crippen LogP contribution in [0.4, 0.5) is 10.1 Å². The van der Waals surface area contributed by atoms with E-state index in [1.165, 1.54) is 12.1 Å². The van der Waals surface area contributed by atoms with Gasteiger partial charge in [-0.2, -0.15) is 0 Å². The second-order valence-electron chi connectivity index (χ2n) is 5.27. The first-order chi connectivity index (χ1) is 10.7. The summed E-state index contributed by atoms with van der Waals surface area (Å²) in [6, 6.07) is 11.7. The number of amides is 1. The van der Waals surface area contributed by atoms with Crippen LogP contribution in [0.25, 0.3) is 0 Å². The molecule has 1 aliphatic rings. The van der Waals surface area contributed by atoms with E-state index in [9.17, 15) is 9.18 Å². The van der Waals surface area contributed by atoms with Crippen LogP contribution < -0.4 is 15.4 Å². The topological polar surface area (TPSA) is 50.4 Å². The normalized spacial score (nSPS) is 15.8. The van der Waals surface area contributed by atoms with Crippen molar-refractivity contribution < 1.29 is 13.9 Å². The maximum absolute atomic E-state index is 13.2. The lowest BCUT2D eigenvalue weighted by Gasteiger charge is -2.12. The van der Waals surface area contributed by atoms with E-state index in [1.54, 1.807) is 13.2 Å². The Hall–Kier alpha value is -2.56. The molecule has 1 heterocycles. The van der Waals surface area contributed by atoms with E-state index < -0.39 is 0 Å². The number of carbonyl (C=O) groups is 1. The molecule has 22 heavy (non-hydrogen) atoms. The Labute approximate surface area is 128 Å². The molecular weight excluding hydrogens is 283 g/mol. The number of halogens is 1. The zero-order valence-electron chi connectivity index (χ0n) is 12.2. The second kappa shape index (κ2) is 6.05. The second-order valence-corrected chi connectivity index (χ2v) is 5.27. The van der Waals surface area contributed by atoms with Gasteiger partial charge in [0.25, 0.3) is 0 Å². The van der Waals surface area contributed by atoms with E-state index in [4.69, 9.17) is 4.74 Å². The number of hydrogen-bond acceptors (Lipinski definition) is 3. The molecule has 1 atom stereocenters. The molecule has 3 rings (SSSR count). The van der Waals surface area contributed by atoms with Gasteiger partial charge in [0.2, 0.25) is 5.91 Å². The highest BCUT2D eigenvalue weighted by atomic mass is 19.1. The van der Waals surface area contributed by atoms with Gasteiger partial charge in [0.15, 0.2) is 0 Å². The van der Waals surface area contributed by atoms with Crippen LogP contribution in [0, 0.1) is 5.82 Å². The van der Waals surface area contributed by atoms with E-state index in [0.717, 1.165) is 22.6 Å². The SMILES string of the molecule is COc1ccc(CNC(=O)C2Cc3cc(F)ccc3N2)cc1. The molecule has 4 nitrogen and oxygen atoms in total. The summed E-state index contributed by atoms with van der Waals surface area (Å²) in [6.07, 6.45) is 0.502. The molecular formula is C17H17FN2O2. The molecule has 0 aromatic heterocycles. The van der Waals surface area contributed by atoms with Gasteiger partial charge in [-0.25, -0.2) is 4.39 Å². The molecule has 0 fully saturated rings. The molecule has 5 heteroatoms. The molecule has 0 spiro atoms. The van der Waals surface area contributed by atoms with Crippen molar-refractivity contribution in [3.05, 3.63) is 59.4 Å². The van der Waals surface area contributed by atoms with Crippen molar-refractivity contribution in [2.75, 3.05) is 12.4 Å². The van der Waals surface area contributed by atoms with Gasteiger partial charge in [-0.05, 0) is 41.5 Å². The Kier molecular flexibility index (Phi) is 3.96. The Balaban J connectivity index is 1.57. The summed E-state index contributed by atoms with van der Waals surface area (Å²) in [6.45, 7) is 0.450. The number of fused-ring (bicyclic) bond motifs is 1. The maximum atomic E-state index is 13.2. The predicted octanol–water partition coefficient (Wildman–Crippen LogP) is 2.49. The van der Waals surface area contributed by atoms with Gasteiger partial charge in [-0.15, -0.1) is 0 Å². The van der Waals surface area contributed by atoms with Crippen molar-refractivity contribution in [2.45, 2.75) is 19.0 Å². The number of methoxy groups -OCH3 is 1. The van der Waals surface area contributed by atoms with Crippen LogP contribution in [0.1, 0.15) is 11.1 Å². The van der Waals surface area contributed by atoms with E-state index in [0.29, 0.717) is 13.0 Å². The summed E-state index contributed by atoms with van der Waals surface area (Å²) in [5.74, 6) is 0.414. The average Bonchev–Trinajstić information content (AvgIpc) is 2.96. The van der Waals surface area contributed by atoms with Crippen molar-refractivity contribution in [2.24, 2.45) is 0 Å². The number of hydrogen-bond donors (Lipinski definition) is 2. The highest BCUT2D eigenvalue weighted by molar-refractivity contribution is 5.87. The molecule has 1 amide bonds. The quantitative estimate of drug-likeness (QED) is 0.912. The summed E-state index contributed by atoms with van der Waals surface area (Å²) in [5.41, 5.74) is 2.66. The molecule has 0 aliphatic carbocycles. The van der Waals surface area contributed by atoms with Crippen LogP contribution in [0.15, 0.2) is 42.5 Å². The smallest absolute Gasteiger partial charge is 0.243 e. The molecule has 0 saturated heterocycles. The highest BCUT2D eigenvalue weighted by Crippen LogP contribution is 2.26. The van der Waals surface area contributed by atoms with Gasteiger partial charge >= 0.3 is 0 Å². The Morgan fingerprint density at radius 2 is 2.09 bits per heavy atom. The Morgan fingerprint density at radius 3 is 2.82 bits per heavy atom.